The van der Waals surface area contributed by atoms with Crippen LogP contribution in [-0.2, 0) is 4.79 Å². The Morgan fingerprint density at radius 2 is 1.77 bits per heavy atom. The van der Waals surface area contributed by atoms with Crippen molar-refractivity contribution in [1.29, 1.82) is 0 Å². The van der Waals surface area contributed by atoms with E-state index in [4.69, 9.17) is 16.3 Å². The summed E-state index contributed by atoms with van der Waals surface area (Å²) in [6, 6.07) is 14.5. The average molecular weight is 319 g/mol. The molecular formula is C17H19ClN2O2. The van der Waals surface area contributed by atoms with E-state index < -0.39 is 6.10 Å². The highest BCUT2D eigenvalue weighted by Crippen LogP contribution is 2.24. The average Bonchev–Trinajstić information content (AvgIpc) is 2.49. The fraction of sp³-hybridized carbons (Fsp3) is 0.235. The van der Waals surface area contributed by atoms with E-state index in [9.17, 15) is 4.79 Å². The molecule has 0 aliphatic carbocycles. The first-order valence-corrected chi connectivity index (χ1v) is 7.34. The van der Waals surface area contributed by atoms with Crippen molar-refractivity contribution in [3.05, 3.63) is 53.6 Å². The van der Waals surface area contributed by atoms with Crippen molar-refractivity contribution < 1.29 is 9.53 Å². The van der Waals surface area contributed by atoms with E-state index in [1.807, 2.05) is 43.3 Å². The van der Waals surface area contributed by atoms with Crippen molar-refractivity contribution in [2.75, 3.05) is 24.3 Å². The minimum atomic E-state index is -0.614. The van der Waals surface area contributed by atoms with Crippen LogP contribution in [0.4, 0.5) is 11.4 Å². The van der Waals surface area contributed by atoms with Gasteiger partial charge in [0.15, 0.2) is 6.10 Å². The fourth-order valence-corrected chi connectivity index (χ4v) is 2.10. The predicted octanol–water partition coefficient (Wildman–Crippen LogP) is 3.81. The molecule has 1 amide bonds. The van der Waals surface area contributed by atoms with Gasteiger partial charge >= 0.3 is 0 Å². The number of hydrogen-bond donors (Lipinski definition) is 1. The third kappa shape index (κ3) is 4.15. The Bertz CT molecular complexity index is 641. The molecule has 0 saturated carbocycles. The smallest absolute Gasteiger partial charge is 0.265 e. The lowest BCUT2D eigenvalue weighted by atomic mass is 10.2. The van der Waals surface area contributed by atoms with Gasteiger partial charge in [-0.05, 0) is 43.3 Å². The molecule has 0 aromatic heterocycles. The number of ether oxygens (including phenoxy) is 1. The number of halogens is 1. The summed E-state index contributed by atoms with van der Waals surface area (Å²) >= 11 is 5.83. The van der Waals surface area contributed by atoms with Crippen molar-refractivity contribution in [1.82, 2.24) is 0 Å². The summed E-state index contributed by atoms with van der Waals surface area (Å²) in [7, 11) is 3.86. The van der Waals surface area contributed by atoms with Crippen LogP contribution in [0.25, 0.3) is 0 Å². The number of nitrogens with zero attached hydrogens (tertiary/aromatic N) is 1. The second-order valence-electron chi connectivity index (χ2n) is 5.11. The fourth-order valence-electron chi connectivity index (χ4n) is 1.97. The van der Waals surface area contributed by atoms with Gasteiger partial charge < -0.3 is 15.0 Å². The zero-order valence-corrected chi connectivity index (χ0v) is 13.6. The summed E-state index contributed by atoms with van der Waals surface area (Å²) in [5, 5.41) is 3.52. The quantitative estimate of drug-likeness (QED) is 0.911. The molecule has 1 unspecified atom stereocenters. The molecule has 0 heterocycles. The van der Waals surface area contributed by atoms with E-state index in [-0.39, 0.29) is 5.91 Å². The van der Waals surface area contributed by atoms with Crippen molar-refractivity contribution in [3.8, 4) is 5.75 Å². The lowest BCUT2D eigenvalue weighted by molar-refractivity contribution is -0.122. The van der Waals surface area contributed by atoms with Gasteiger partial charge in [0.25, 0.3) is 5.91 Å². The molecule has 0 aliphatic rings. The highest BCUT2D eigenvalue weighted by atomic mass is 35.5. The van der Waals surface area contributed by atoms with E-state index in [0.717, 1.165) is 11.4 Å². The largest absolute Gasteiger partial charge is 0.481 e. The van der Waals surface area contributed by atoms with Crippen molar-refractivity contribution in [3.63, 3.8) is 0 Å². The maximum Gasteiger partial charge on any atom is 0.265 e. The number of hydrogen-bond acceptors (Lipinski definition) is 3. The van der Waals surface area contributed by atoms with Gasteiger partial charge in [-0.15, -0.1) is 0 Å². The molecule has 0 spiro atoms. The third-order valence-corrected chi connectivity index (χ3v) is 3.39. The number of rotatable bonds is 5. The first-order chi connectivity index (χ1) is 10.5. The summed E-state index contributed by atoms with van der Waals surface area (Å²) < 4.78 is 5.62. The van der Waals surface area contributed by atoms with Gasteiger partial charge in [0, 0.05) is 19.1 Å². The molecule has 0 aliphatic heterocycles. The Morgan fingerprint density at radius 1 is 1.14 bits per heavy atom. The number of amides is 1. The summed E-state index contributed by atoms with van der Waals surface area (Å²) in [4.78, 5) is 14.2. The first kappa shape index (κ1) is 16.2. The van der Waals surface area contributed by atoms with Crippen LogP contribution in [0.15, 0.2) is 48.5 Å². The Hall–Kier alpha value is -2.20. The number of para-hydroxylation sites is 2. The second-order valence-corrected chi connectivity index (χ2v) is 5.55. The topological polar surface area (TPSA) is 41.6 Å². The van der Waals surface area contributed by atoms with E-state index in [1.54, 1.807) is 31.2 Å². The molecule has 0 radical (unpaired) electrons. The minimum Gasteiger partial charge on any atom is -0.481 e. The number of anilines is 2. The van der Waals surface area contributed by atoms with Crippen molar-refractivity contribution in [2.45, 2.75) is 13.0 Å². The van der Waals surface area contributed by atoms with Gasteiger partial charge in [0.1, 0.15) is 5.75 Å². The van der Waals surface area contributed by atoms with E-state index in [0.29, 0.717) is 10.8 Å². The van der Waals surface area contributed by atoms with Crippen LogP contribution < -0.4 is 15.0 Å². The van der Waals surface area contributed by atoms with Gasteiger partial charge in [-0.3, -0.25) is 4.79 Å². The van der Waals surface area contributed by atoms with Gasteiger partial charge in [-0.1, -0.05) is 23.7 Å². The maximum atomic E-state index is 12.3. The van der Waals surface area contributed by atoms with Crippen LogP contribution in [0, 0.1) is 0 Å². The SMILES string of the molecule is CC(Oc1ccc(Cl)cc1)C(=O)Nc1ccccc1N(C)C. The molecule has 2 aromatic rings. The van der Waals surface area contributed by atoms with Crippen molar-refractivity contribution in [2.24, 2.45) is 0 Å². The highest BCUT2D eigenvalue weighted by molar-refractivity contribution is 6.30. The number of benzene rings is 2. The van der Waals surface area contributed by atoms with Gasteiger partial charge in [-0.2, -0.15) is 0 Å². The molecular weight excluding hydrogens is 300 g/mol. The third-order valence-electron chi connectivity index (χ3n) is 3.14. The minimum absolute atomic E-state index is 0.204. The van der Waals surface area contributed by atoms with Gasteiger partial charge in [-0.25, -0.2) is 0 Å². The van der Waals surface area contributed by atoms with E-state index >= 15 is 0 Å². The van der Waals surface area contributed by atoms with Crippen LogP contribution in [0.3, 0.4) is 0 Å². The Balaban J connectivity index is 2.04. The van der Waals surface area contributed by atoms with Crippen molar-refractivity contribution >= 4 is 28.9 Å². The second kappa shape index (κ2) is 7.18. The molecule has 0 saturated heterocycles. The van der Waals surface area contributed by atoms with Gasteiger partial charge in [0.05, 0.1) is 11.4 Å². The standard InChI is InChI=1S/C17H19ClN2O2/c1-12(22-14-10-8-13(18)9-11-14)17(21)19-15-6-4-5-7-16(15)20(2)3/h4-12H,1-3H3,(H,19,21). The molecule has 1 N–H and O–H groups in total. The Kier molecular flexibility index (Phi) is 5.28. The zero-order chi connectivity index (χ0) is 16.1. The molecule has 2 aromatic carbocycles. The molecule has 4 nitrogen and oxygen atoms in total. The van der Waals surface area contributed by atoms with Crippen LogP contribution in [-0.4, -0.2) is 26.1 Å². The number of carbonyl (C=O) groups excluding carboxylic acids is 1. The van der Waals surface area contributed by atoms with Crippen LogP contribution >= 0.6 is 11.6 Å². The molecule has 5 heteroatoms. The number of carbonyl (C=O) groups is 1. The maximum absolute atomic E-state index is 12.3. The lowest BCUT2D eigenvalue weighted by Crippen LogP contribution is -2.30. The molecule has 0 fully saturated rings. The Morgan fingerprint density at radius 3 is 2.41 bits per heavy atom. The highest BCUT2D eigenvalue weighted by Gasteiger charge is 2.16. The van der Waals surface area contributed by atoms with Crippen LogP contribution in [0.2, 0.25) is 5.02 Å². The summed E-state index contributed by atoms with van der Waals surface area (Å²) in [6.07, 6.45) is -0.614. The Labute approximate surface area is 135 Å². The summed E-state index contributed by atoms with van der Waals surface area (Å²) in [5.41, 5.74) is 1.69. The molecule has 116 valence electrons. The molecule has 0 bridgehead atoms. The van der Waals surface area contributed by atoms with Crippen LogP contribution in [0.5, 0.6) is 5.75 Å². The monoisotopic (exact) mass is 318 g/mol. The zero-order valence-electron chi connectivity index (χ0n) is 12.8. The number of nitrogens with one attached hydrogen (secondary N) is 1. The van der Waals surface area contributed by atoms with E-state index in [2.05, 4.69) is 5.32 Å². The van der Waals surface area contributed by atoms with Gasteiger partial charge in [0.2, 0.25) is 0 Å². The summed E-state index contributed by atoms with van der Waals surface area (Å²) in [6.45, 7) is 1.71. The molecule has 1 atom stereocenters. The van der Waals surface area contributed by atoms with E-state index in [1.165, 1.54) is 0 Å². The predicted molar refractivity (Wildman–Crippen MR) is 90.9 cm³/mol. The molecule has 22 heavy (non-hydrogen) atoms. The summed E-state index contributed by atoms with van der Waals surface area (Å²) in [5.74, 6) is 0.400. The normalized spacial score (nSPS) is 11.6. The first-order valence-electron chi connectivity index (χ1n) is 6.97. The molecule has 2 rings (SSSR count). The lowest BCUT2D eigenvalue weighted by Gasteiger charge is -2.20. The van der Waals surface area contributed by atoms with Crippen LogP contribution in [0.1, 0.15) is 6.92 Å².